The topological polar surface area (TPSA) is 106 Å². The third-order valence-electron chi connectivity index (χ3n) is 4.64. The van der Waals surface area contributed by atoms with Crippen LogP contribution in [0.4, 0.5) is 0 Å². The molecule has 2 N–H and O–H groups in total. The van der Waals surface area contributed by atoms with Gasteiger partial charge in [0.2, 0.25) is 0 Å². The maximum atomic E-state index is 12.7. The van der Waals surface area contributed by atoms with E-state index in [2.05, 4.69) is 0 Å². The van der Waals surface area contributed by atoms with Crippen LogP contribution in [0.25, 0.3) is 11.0 Å². The summed E-state index contributed by atoms with van der Waals surface area (Å²) < 4.78 is 15.3. The lowest BCUT2D eigenvalue weighted by molar-refractivity contribution is -0.140. The van der Waals surface area contributed by atoms with Crippen LogP contribution < -0.4 is 10.4 Å². The number of hydrogen-bond acceptors (Lipinski definition) is 7. The Bertz CT molecular complexity index is 1070. The number of aliphatic hydroxyl groups is 1. The number of rotatable bonds is 6. The number of para-hydroxylation sites is 1. The van der Waals surface area contributed by atoms with Gasteiger partial charge in [-0.2, -0.15) is 0 Å². The molecular weight excluding hydrogens is 364 g/mol. The van der Waals surface area contributed by atoms with E-state index in [1.54, 1.807) is 42.5 Å². The summed E-state index contributed by atoms with van der Waals surface area (Å²) in [5, 5.41) is 20.8. The minimum atomic E-state index is -0.829. The van der Waals surface area contributed by atoms with Gasteiger partial charge in [-0.25, -0.2) is 4.79 Å². The molecule has 0 fully saturated rings. The van der Waals surface area contributed by atoms with E-state index in [-0.39, 0.29) is 29.9 Å². The average Bonchev–Trinajstić information content (AvgIpc) is 2.72. The molecule has 3 aromatic rings. The van der Waals surface area contributed by atoms with Gasteiger partial charge in [-0.15, -0.1) is 0 Å². The Labute approximate surface area is 160 Å². The van der Waals surface area contributed by atoms with Gasteiger partial charge in [0, 0.05) is 11.5 Å². The fourth-order valence-electron chi connectivity index (χ4n) is 3.23. The number of esters is 1. The molecule has 0 amide bonds. The molecule has 0 unspecified atom stereocenters. The molecule has 3 rings (SSSR count). The second-order valence-electron chi connectivity index (χ2n) is 6.21. The van der Waals surface area contributed by atoms with Gasteiger partial charge in [0.05, 0.1) is 38.2 Å². The van der Waals surface area contributed by atoms with E-state index in [0.29, 0.717) is 22.3 Å². The third-order valence-corrected chi connectivity index (χ3v) is 4.64. The van der Waals surface area contributed by atoms with Crippen molar-refractivity contribution in [2.24, 2.45) is 0 Å². The number of carbonyl (C=O) groups excluding carboxylic acids is 1. The van der Waals surface area contributed by atoms with Crippen LogP contribution in [0.15, 0.2) is 51.7 Å². The lowest BCUT2D eigenvalue weighted by Gasteiger charge is -2.19. The van der Waals surface area contributed by atoms with Crippen molar-refractivity contribution in [3.63, 3.8) is 0 Å². The molecule has 7 heteroatoms. The van der Waals surface area contributed by atoms with E-state index in [0.717, 1.165) is 0 Å². The summed E-state index contributed by atoms with van der Waals surface area (Å²) in [4.78, 5) is 24.7. The standard InChI is InChI=1S/C21H20O7/c1-26-16-8-7-12(9-13(16)11-22)15(10-18(23)27-2)19-20(24)14-5-3-4-6-17(14)28-21(19)25/h3-9,15,22,24H,10-11H2,1-2H3/t15-/m0/s1. The maximum Gasteiger partial charge on any atom is 0.343 e. The second-order valence-corrected chi connectivity index (χ2v) is 6.21. The largest absolute Gasteiger partial charge is 0.507 e. The number of benzene rings is 2. The van der Waals surface area contributed by atoms with E-state index in [9.17, 15) is 19.8 Å². The molecule has 1 atom stereocenters. The number of ether oxygens (including phenoxy) is 2. The highest BCUT2D eigenvalue weighted by atomic mass is 16.5. The monoisotopic (exact) mass is 384 g/mol. The van der Waals surface area contributed by atoms with Gasteiger partial charge in [-0.1, -0.05) is 18.2 Å². The predicted molar refractivity (Wildman–Crippen MR) is 102 cm³/mol. The first kappa shape index (κ1) is 19.4. The highest BCUT2D eigenvalue weighted by molar-refractivity contribution is 5.84. The van der Waals surface area contributed by atoms with Crippen molar-refractivity contribution >= 4 is 16.9 Å². The molecular formula is C21H20O7. The molecule has 0 spiro atoms. The van der Waals surface area contributed by atoms with Crippen molar-refractivity contribution in [2.45, 2.75) is 18.9 Å². The highest BCUT2D eigenvalue weighted by Gasteiger charge is 2.28. The normalized spacial score (nSPS) is 12.0. The Morgan fingerprint density at radius 2 is 1.93 bits per heavy atom. The first-order valence-corrected chi connectivity index (χ1v) is 8.59. The molecule has 0 saturated carbocycles. The van der Waals surface area contributed by atoms with Crippen molar-refractivity contribution < 1.29 is 28.9 Å². The molecule has 0 aliphatic heterocycles. The summed E-state index contributed by atoms with van der Waals surface area (Å²) in [5.41, 5.74) is 0.480. The second kappa shape index (κ2) is 8.14. The number of aromatic hydroxyl groups is 1. The molecule has 146 valence electrons. The van der Waals surface area contributed by atoms with Crippen LogP contribution in [-0.2, 0) is 16.1 Å². The first-order chi connectivity index (χ1) is 13.5. The van der Waals surface area contributed by atoms with Crippen molar-refractivity contribution in [1.82, 2.24) is 0 Å². The van der Waals surface area contributed by atoms with Gasteiger partial charge in [0.1, 0.15) is 17.1 Å². The Hall–Kier alpha value is -3.32. The zero-order chi connectivity index (χ0) is 20.3. The number of carbonyl (C=O) groups is 1. The molecule has 2 aromatic carbocycles. The van der Waals surface area contributed by atoms with Crippen LogP contribution in [0.3, 0.4) is 0 Å². The lowest BCUT2D eigenvalue weighted by Crippen LogP contribution is -2.18. The fourth-order valence-corrected chi connectivity index (χ4v) is 3.23. The molecule has 0 aliphatic rings. The lowest BCUT2D eigenvalue weighted by atomic mass is 9.87. The summed E-state index contributed by atoms with van der Waals surface area (Å²) in [7, 11) is 2.72. The van der Waals surface area contributed by atoms with Crippen molar-refractivity contribution in [3.8, 4) is 11.5 Å². The van der Waals surface area contributed by atoms with Crippen molar-refractivity contribution in [3.05, 3.63) is 69.6 Å². The van der Waals surface area contributed by atoms with Gasteiger partial charge < -0.3 is 24.1 Å². The van der Waals surface area contributed by atoms with Crippen LogP contribution >= 0.6 is 0 Å². The molecule has 7 nitrogen and oxygen atoms in total. The van der Waals surface area contributed by atoms with E-state index in [1.165, 1.54) is 14.2 Å². The SMILES string of the molecule is COC(=O)C[C@@H](c1ccc(OC)c(CO)c1)c1c(O)c2ccccc2oc1=O. The van der Waals surface area contributed by atoms with Crippen LogP contribution in [0.5, 0.6) is 11.5 Å². The van der Waals surface area contributed by atoms with Gasteiger partial charge in [-0.05, 0) is 29.8 Å². The molecule has 0 radical (unpaired) electrons. The van der Waals surface area contributed by atoms with Gasteiger partial charge in [0.25, 0.3) is 0 Å². The average molecular weight is 384 g/mol. The smallest absolute Gasteiger partial charge is 0.343 e. The zero-order valence-corrected chi connectivity index (χ0v) is 15.5. The Morgan fingerprint density at radius 3 is 2.61 bits per heavy atom. The van der Waals surface area contributed by atoms with Crippen LogP contribution in [0.1, 0.15) is 29.0 Å². The molecule has 1 aromatic heterocycles. The zero-order valence-electron chi connectivity index (χ0n) is 15.5. The Kier molecular flexibility index (Phi) is 5.65. The number of fused-ring (bicyclic) bond motifs is 1. The highest BCUT2D eigenvalue weighted by Crippen LogP contribution is 2.37. The molecule has 0 saturated heterocycles. The van der Waals surface area contributed by atoms with Gasteiger partial charge >= 0.3 is 11.6 Å². The van der Waals surface area contributed by atoms with Gasteiger partial charge in [0.15, 0.2) is 0 Å². The molecule has 1 heterocycles. The molecule has 28 heavy (non-hydrogen) atoms. The minimum absolute atomic E-state index is 0.0434. The summed E-state index contributed by atoms with van der Waals surface area (Å²) in [6.07, 6.45) is -0.190. The van der Waals surface area contributed by atoms with Gasteiger partial charge in [-0.3, -0.25) is 4.79 Å². The van der Waals surface area contributed by atoms with E-state index in [4.69, 9.17) is 13.9 Å². The molecule has 0 aliphatic carbocycles. The van der Waals surface area contributed by atoms with Crippen molar-refractivity contribution in [2.75, 3.05) is 14.2 Å². The van der Waals surface area contributed by atoms with Crippen molar-refractivity contribution in [1.29, 1.82) is 0 Å². The van der Waals surface area contributed by atoms with Crippen LogP contribution in [0.2, 0.25) is 0 Å². The van der Waals surface area contributed by atoms with E-state index >= 15 is 0 Å². The quantitative estimate of drug-likeness (QED) is 0.497. The van der Waals surface area contributed by atoms with Crippen LogP contribution in [0, 0.1) is 0 Å². The van der Waals surface area contributed by atoms with E-state index < -0.39 is 17.5 Å². The number of hydrogen-bond donors (Lipinski definition) is 2. The fraction of sp³-hybridized carbons (Fsp3) is 0.238. The summed E-state index contributed by atoms with van der Waals surface area (Å²) in [5.74, 6) is -1.16. The molecule has 0 bridgehead atoms. The Balaban J connectivity index is 2.23. The van der Waals surface area contributed by atoms with Crippen LogP contribution in [-0.4, -0.2) is 30.4 Å². The maximum absolute atomic E-state index is 12.7. The summed E-state index contributed by atoms with van der Waals surface area (Å²) in [6.45, 7) is -0.291. The Morgan fingerprint density at radius 1 is 1.18 bits per heavy atom. The third kappa shape index (κ3) is 3.57. The summed E-state index contributed by atoms with van der Waals surface area (Å²) >= 11 is 0. The first-order valence-electron chi connectivity index (χ1n) is 8.59. The summed E-state index contributed by atoms with van der Waals surface area (Å²) in [6, 6.07) is 11.5. The minimum Gasteiger partial charge on any atom is -0.507 e. The number of methoxy groups -OCH3 is 2. The van der Waals surface area contributed by atoms with E-state index in [1.807, 2.05) is 0 Å². The predicted octanol–water partition coefficient (Wildman–Crippen LogP) is 2.69. The number of aliphatic hydroxyl groups excluding tert-OH is 1.